The Morgan fingerprint density at radius 3 is 2.88 bits per heavy atom. The highest BCUT2D eigenvalue weighted by atomic mass is 16.1. The molecule has 0 aromatic carbocycles. The van der Waals surface area contributed by atoms with E-state index in [1.807, 2.05) is 41.2 Å². The number of carbonyl (C=O) groups is 1. The predicted octanol–water partition coefficient (Wildman–Crippen LogP) is 3.11. The third kappa shape index (κ3) is 3.33. The summed E-state index contributed by atoms with van der Waals surface area (Å²) in [5.41, 5.74) is 1.75. The standard InChI is InChI=1S/C19H21N5O/c25-19(17-6-3-10-24(17)16-4-1-2-5-16)22-13-15-7-8-21-18(12-15)23-11-9-20-14-23/h3,6-12,14,16H,1-2,4-5,13H2,(H,22,25). The van der Waals surface area contributed by atoms with Crippen LogP contribution in [0.3, 0.4) is 0 Å². The maximum absolute atomic E-state index is 12.6. The minimum Gasteiger partial charge on any atom is -0.347 e. The number of carbonyl (C=O) groups excluding carboxylic acids is 1. The van der Waals surface area contributed by atoms with Gasteiger partial charge in [0.2, 0.25) is 0 Å². The zero-order valence-electron chi connectivity index (χ0n) is 14.0. The van der Waals surface area contributed by atoms with Gasteiger partial charge in [0.15, 0.2) is 0 Å². The number of nitrogens with one attached hydrogen (secondary N) is 1. The topological polar surface area (TPSA) is 64.7 Å². The second-order valence-corrected chi connectivity index (χ2v) is 6.41. The van der Waals surface area contributed by atoms with E-state index in [2.05, 4.69) is 19.9 Å². The summed E-state index contributed by atoms with van der Waals surface area (Å²) in [4.78, 5) is 21.0. The molecule has 0 unspecified atom stereocenters. The van der Waals surface area contributed by atoms with Gasteiger partial charge in [0.1, 0.15) is 17.8 Å². The Hall–Kier alpha value is -2.89. The van der Waals surface area contributed by atoms with Crippen LogP contribution < -0.4 is 5.32 Å². The van der Waals surface area contributed by atoms with Crippen molar-refractivity contribution >= 4 is 5.91 Å². The molecule has 128 valence electrons. The lowest BCUT2D eigenvalue weighted by Gasteiger charge is -2.16. The molecule has 4 rings (SSSR count). The van der Waals surface area contributed by atoms with E-state index in [9.17, 15) is 4.79 Å². The fourth-order valence-corrected chi connectivity index (χ4v) is 3.47. The number of pyridine rings is 1. The molecule has 3 aromatic rings. The molecule has 25 heavy (non-hydrogen) atoms. The fraction of sp³-hybridized carbons (Fsp3) is 0.316. The third-order valence-electron chi connectivity index (χ3n) is 4.76. The molecule has 1 aliphatic carbocycles. The number of nitrogens with zero attached hydrogens (tertiary/aromatic N) is 4. The van der Waals surface area contributed by atoms with Crippen molar-refractivity contribution in [2.75, 3.05) is 0 Å². The minimum atomic E-state index is -0.0297. The summed E-state index contributed by atoms with van der Waals surface area (Å²) >= 11 is 0. The maximum Gasteiger partial charge on any atom is 0.268 e. The monoisotopic (exact) mass is 335 g/mol. The van der Waals surface area contributed by atoms with Crippen molar-refractivity contribution in [3.05, 3.63) is 66.6 Å². The van der Waals surface area contributed by atoms with Crippen molar-refractivity contribution in [1.82, 2.24) is 24.4 Å². The summed E-state index contributed by atoms with van der Waals surface area (Å²) in [6.07, 6.45) is 13.9. The van der Waals surface area contributed by atoms with Gasteiger partial charge in [-0.1, -0.05) is 12.8 Å². The highest BCUT2D eigenvalue weighted by Crippen LogP contribution is 2.30. The Morgan fingerprint density at radius 1 is 1.20 bits per heavy atom. The Balaban J connectivity index is 1.44. The van der Waals surface area contributed by atoms with E-state index in [4.69, 9.17) is 0 Å². The first-order chi connectivity index (χ1) is 12.3. The van der Waals surface area contributed by atoms with E-state index < -0.39 is 0 Å². The van der Waals surface area contributed by atoms with Gasteiger partial charge in [0, 0.05) is 37.4 Å². The van der Waals surface area contributed by atoms with Crippen molar-refractivity contribution in [1.29, 1.82) is 0 Å². The van der Waals surface area contributed by atoms with Crippen LogP contribution in [0.1, 0.15) is 47.8 Å². The molecule has 0 saturated heterocycles. The van der Waals surface area contributed by atoms with Crippen LogP contribution in [-0.2, 0) is 6.54 Å². The molecule has 0 radical (unpaired) electrons. The second kappa shape index (κ2) is 6.93. The van der Waals surface area contributed by atoms with Gasteiger partial charge in [-0.05, 0) is 42.7 Å². The highest BCUT2D eigenvalue weighted by molar-refractivity contribution is 5.92. The molecule has 0 aliphatic heterocycles. The molecular formula is C19H21N5O. The van der Waals surface area contributed by atoms with E-state index in [0.717, 1.165) is 29.9 Å². The minimum absolute atomic E-state index is 0.0297. The summed E-state index contributed by atoms with van der Waals surface area (Å²) in [5, 5.41) is 3.03. The van der Waals surface area contributed by atoms with Crippen molar-refractivity contribution in [3.63, 3.8) is 0 Å². The molecule has 3 aromatic heterocycles. The number of hydrogen-bond acceptors (Lipinski definition) is 3. The molecule has 3 heterocycles. The van der Waals surface area contributed by atoms with E-state index in [1.165, 1.54) is 12.8 Å². The molecule has 0 spiro atoms. The normalized spacial score (nSPS) is 14.7. The third-order valence-corrected chi connectivity index (χ3v) is 4.76. The van der Waals surface area contributed by atoms with Crippen molar-refractivity contribution in [2.24, 2.45) is 0 Å². The van der Waals surface area contributed by atoms with Gasteiger partial charge in [-0.25, -0.2) is 9.97 Å². The highest BCUT2D eigenvalue weighted by Gasteiger charge is 2.21. The van der Waals surface area contributed by atoms with Crippen LogP contribution in [0.4, 0.5) is 0 Å². The summed E-state index contributed by atoms with van der Waals surface area (Å²) in [6.45, 7) is 0.471. The van der Waals surface area contributed by atoms with Gasteiger partial charge in [-0.15, -0.1) is 0 Å². The van der Waals surface area contributed by atoms with Crippen LogP contribution in [0, 0.1) is 0 Å². The molecule has 1 N–H and O–H groups in total. The van der Waals surface area contributed by atoms with E-state index in [0.29, 0.717) is 12.6 Å². The van der Waals surface area contributed by atoms with Crippen LogP contribution in [0.2, 0.25) is 0 Å². The van der Waals surface area contributed by atoms with E-state index in [-0.39, 0.29) is 5.91 Å². The number of aromatic nitrogens is 4. The van der Waals surface area contributed by atoms with E-state index in [1.54, 1.807) is 18.7 Å². The van der Waals surface area contributed by atoms with Gasteiger partial charge in [-0.3, -0.25) is 9.36 Å². The maximum atomic E-state index is 12.6. The van der Waals surface area contributed by atoms with Gasteiger partial charge >= 0.3 is 0 Å². The predicted molar refractivity (Wildman–Crippen MR) is 94.5 cm³/mol. The largest absolute Gasteiger partial charge is 0.347 e. The molecule has 6 heteroatoms. The van der Waals surface area contributed by atoms with Crippen LogP contribution in [-0.4, -0.2) is 25.0 Å². The van der Waals surface area contributed by atoms with Crippen molar-refractivity contribution in [3.8, 4) is 5.82 Å². The zero-order valence-corrected chi connectivity index (χ0v) is 14.0. The van der Waals surface area contributed by atoms with Crippen molar-refractivity contribution in [2.45, 2.75) is 38.3 Å². The summed E-state index contributed by atoms with van der Waals surface area (Å²) in [7, 11) is 0. The van der Waals surface area contributed by atoms with Gasteiger partial charge in [0.25, 0.3) is 5.91 Å². The first-order valence-electron chi connectivity index (χ1n) is 8.69. The first-order valence-corrected chi connectivity index (χ1v) is 8.69. The van der Waals surface area contributed by atoms with Crippen LogP contribution in [0.5, 0.6) is 0 Å². The Morgan fingerprint density at radius 2 is 2.08 bits per heavy atom. The average Bonchev–Trinajstić information content (AvgIpc) is 3.41. The molecule has 0 atom stereocenters. The zero-order chi connectivity index (χ0) is 17.1. The number of imidazole rings is 1. The lowest BCUT2D eigenvalue weighted by Crippen LogP contribution is -2.26. The molecule has 0 bridgehead atoms. The summed E-state index contributed by atoms with van der Waals surface area (Å²) in [5.74, 6) is 0.761. The van der Waals surface area contributed by atoms with Gasteiger partial charge < -0.3 is 9.88 Å². The second-order valence-electron chi connectivity index (χ2n) is 6.41. The Bertz CT molecular complexity index is 846. The van der Waals surface area contributed by atoms with Crippen molar-refractivity contribution < 1.29 is 4.79 Å². The summed E-state index contributed by atoms with van der Waals surface area (Å²) in [6, 6.07) is 8.19. The quantitative estimate of drug-likeness (QED) is 0.779. The van der Waals surface area contributed by atoms with Gasteiger partial charge in [-0.2, -0.15) is 0 Å². The summed E-state index contributed by atoms with van der Waals surface area (Å²) < 4.78 is 3.97. The number of rotatable bonds is 5. The van der Waals surface area contributed by atoms with Crippen LogP contribution in [0.25, 0.3) is 5.82 Å². The fourth-order valence-electron chi connectivity index (χ4n) is 3.47. The molecule has 1 fully saturated rings. The van der Waals surface area contributed by atoms with Gasteiger partial charge in [0.05, 0.1) is 0 Å². The van der Waals surface area contributed by atoms with Crippen LogP contribution in [0.15, 0.2) is 55.4 Å². The average molecular weight is 335 g/mol. The Labute approximate surface area is 146 Å². The lowest BCUT2D eigenvalue weighted by molar-refractivity contribution is 0.0939. The SMILES string of the molecule is O=C(NCc1ccnc(-n2ccnc2)c1)c1cccn1C1CCCC1. The Kier molecular flexibility index (Phi) is 4.33. The molecular weight excluding hydrogens is 314 g/mol. The lowest BCUT2D eigenvalue weighted by atomic mass is 10.2. The smallest absolute Gasteiger partial charge is 0.268 e. The molecule has 1 saturated carbocycles. The number of hydrogen-bond donors (Lipinski definition) is 1. The molecule has 1 amide bonds. The molecule has 1 aliphatic rings. The molecule has 6 nitrogen and oxygen atoms in total. The van der Waals surface area contributed by atoms with E-state index >= 15 is 0 Å². The first kappa shape index (κ1) is 15.6. The van der Waals surface area contributed by atoms with Crippen LogP contribution >= 0.6 is 0 Å². The number of amides is 1.